The molecule has 0 saturated heterocycles. The molecular weight excluding hydrogens is 526 g/mol. The number of ether oxygens (including phenoxy) is 2. The molecule has 0 bridgehead atoms. The number of nitrogens with one attached hydrogen (secondary N) is 1. The Labute approximate surface area is 238 Å². The van der Waals surface area contributed by atoms with Gasteiger partial charge in [-0.15, -0.1) is 0 Å². The molecule has 8 N–H and O–H groups in total. The number of phenolic OH excluding ortho intramolecular Hbond substituents is 1. The van der Waals surface area contributed by atoms with Gasteiger partial charge < -0.3 is 37.1 Å². The second-order valence-electron chi connectivity index (χ2n) is 9.44. The van der Waals surface area contributed by atoms with Gasteiger partial charge in [0.15, 0.2) is 17.3 Å². The van der Waals surface area contributed by atoms with Gasteiger partial charge in [0.25, 0.3) is 0 Å². The number of amides is 1. The number of Topliss-reactive ketones (excluding diaryl/α,β-unsaturated/α-hetero) is 1. The summed E-state index contributed by atoms with van der Waals surface area (Å²) < 4.78 is 10.8. The molecule has 0 spiro atoms. The maximum Gasteiger partial charge on any atom is 0.408 e. The second-order valence-corrected chi connectivity index (χ2v) is 9.44. The lowest BCUT2D eigenvalue weighted by Gasteiger charge is -2.30. The average molecular weight is 562 g/mol. The number of aliphatic imine (C=N–C) groups is 1. The van der Waals surface area contributed by atoms with Gasteiger partial charge >= 0.3 is 12.1 Å². The maximum absolute atomic E-state index is 14.0. The third kappa shape index (κ3) is 9.66. The lowest BCUT2D eigenvalue weighted by Crippen LogP contribution is -2.62. The number of phenols is 1. The highest BCUT2D eigenvalue weighted by Gasteiger charge is 2.46. The number of rotatable bonds is 14. The Morgan fingerprint density at radius 2 is 1.39 bits per heavy atom. The summed E-state index contributed by atoms with van der Waals surface area (Å²) in [6.45, 7) is -0.0110. The van der Waals surface area contributed by atoms with Crippen molar-refractivity contribution in [1.82, 2.24) is 5.32 Å². The summed E-state index contributed by atoms with van der Waals surface area (Å²) in [6, 6.07) is 22.8. The van der Waals surface area contributed by atoms with E-state index in [0.29, 0.717) is 11.1 Å². The van der Waals surface area contributed by atoms with Crippen molar-refractivity contribution < 1.29 is 29.0 Å². The molecule has 11 heteroatoms. The molecule has 3 aromatic carbocycles. The van der Waals surface area contributed by atoms with Gasteiger partial charge in [-0.05, 0) is 48.1 Å². The van der Waals surface area contributed by atoms with Crippen LogP contribution in [0.3, 0.4) is 0 Å². The molecule has 11 nitrogen and oxygen atoms in total. The number of alkyl carbamates (subject to hydrolysis) is 1. The molecule has 216 valence electrons. The minimum Gasteiger partial charge on any atom is -0.508 e. The molecule has 0 unspecified atom stereocenters. The van der Waals surface area contributed by atoms with Crippen LogP contribution in [0.1, 0.15) is 29.5 Å². The van der Waals surface area contributed by atoms with Gasteiger partial charge in [0, 0.05) is 6.54 Å². The zero-order valence-electron chi connectivity index (χ0n) is 22.6. The second kappa shape index (κ2) is 15.0. The molecule has 2 atom stereocenters. The summed E-state index contributed by atoms with van der Waals surface area (Å²) in [5.41, 5.74) is 17.2. The molecule has 0 aliphatic heterocycles. The first kappa shape index (κ1) is 30.6. The van der Waals surface area contributed by atoms with Crippen molar-refractivity contribution in [1.29, 1.82) is 0 Å². The molecule has 3 aromatic rings. The summed E-state index contributed by atoms with van der Waals surface area (Å²) in [6.07, 6.45) is -0.863. The van der Waals surface area contributed by atoms with Crippen LogP contribution >= 0.6 is 0 Å². The number of hydrogen-bond acceptors (Lipinski definition) is 8. The van der Waals surface area contributed by atoms with Gasteiger partial charge in [0.05, 0.1) is 6.04 Å². The van der Waals surface area contributed by atoms with E-state index in [4.69, 9.17) is 26.7 Å². The van der Waals surface area contributed by atoms with Crippen LogP contribution in [0, 0.1) is 0 Å². The fourth-order valence-electron chi connectivity index (χ4n) is 4.04. The number of aromatic hydroxyl groups is 1. The lowest BCUT2D eigenvalue weighted by molar-refractivity contribution is -0.156. The van der Waals surface area contributed by atoms with E-state index in [1.165, 1.54) is 12.1 Å². The highest BCUT2D eigenvalue weighted by atomic mass is 16.5. The Kier molecular flexibility index (Phi) is 11.2. The molecule has 1 amide bonds. The Morgan fingerprint density at radius 1 is 0.829 bits per heavy atom. The molecule has 0 aromatic heterocycles. The van der Waals surface area contributed by atoms with Crippen molar-refractivity contribution in [2.75, 3.05) is 6.54 Å². The number of nitrogens with two attached hydrogens (primary N) is 3. The van der Waals surface area contributed by atoms with E-state index in [2.05, 4.69) is 10.3 Å². The van der Waals surface area contributed by atoms with Gasteiger partial charge in [-0.25, -0.2) is 9.59 Å². The van der Waals surface area contributed by atoms with E-state index in [0.717, 1.165) is 5.56 Å². The Hall–Kier alpha value is -4.90. The van der Waals surface area contributed by atoms with Crippen molar-refractivity contribution in [2.45, 2.75) is 44.1 Å². The lowest BCUT2D eigenvalue weighted by atomic mass is 9.83. The minimum atomic E-state index is -2.14. The molecule has 0 heterocycles. The van der Waals surface area contributed by atoms with E-state index in [1.807, 2.05) is 12.1 Å². The van der Waals surface area contributed by atoms with Crippen LogP contribution < -0.4 is 22.5 Å². The van der Waals surface area contributed by atoms with Crippen LogP contribution in [-0.2, 0) is 38.7 Å². The number of guanidine groups is 1. The van der Waals surface area contributed by atoms with E-state index < -0.39 is 29.4 Å². The highest BCUT2D eigenvalue weighted by molar-refractivity contribution is 6.11. The van der Waals surface area contributed by atoms with E-state index in [9.17, 15) is 19.5 Å². The quantitative estimate of drug-likeness (QED) is 0.0645. The van der Waals surface area contributed by atoms with Crippen LogP contribution in [0.5, 0.6) is 5.75 Å². The molecule has 0 radical (unpaired) electrons. The Balaban J connectivity index is 1.84. The summed E-state index contributed by atoms with van der Waals surface area (Å²) in [5.74, 6) is -1.83. The third-order valence-electron chi connectivity index (χ3n) is 6.24. The normalized spacial score (nSPS) is 12.8. The zero-order valence-corrected chi connectivity index (χ0v) is 22.6. The first-order chi connectivity index (χ1) is 19.7. The van der Waals surface area contributed by atoms with E-state index in [-0.39, 0.29) is 50.7 Å². The van der Waals surface area contributed by atoms with E-state index in [1.54, 1.807) is 60.7 Å². The SMILES string of the molecule is NC(N)=NCCC[C@@](N)(C(=O)OCc1ccccc1)C(=O)[C@H](Cc1ccc(O)cc1)NC(=O)OCc1ccccc1. The molecule has 0 fully saturated rings. The van der Waals surface area contributed by atoms with Crippen LogP contribution in [0.4, 0.5) is 4.79 Å². The molecule has 3 rings (SSSR count). The predicted octanol–water partition coefficient (Wildman–Crippen LogP) is 2.29. The number of carbonyl (C=O) groups is 3. The standard InChI is InChI=1S/C30H35N5O6/c31-28(32)34-17-7-16-30(33,27(38)40-19-22-8-3-1-4-9-22)26(37)25(18-21-12-14-24(36)15-13-21)35-29(39)41-20-23-10-5-2-6-11-23/h1-6,8-15,25,36H,7,16-20,33H2,(H,35,39)(H4,31,32,34)/t25-,30-/m0/s1. The minimum absolute atomic E-state index is 0.0294. The van der Waals surface area contributed by atoms with Crippen molar-refractivity contribution in [3.63, 3.8) is 0 Å². The first-order valence-corrected chi connectivity index (χ1v) is 13.0. The van der Waals surface area contributed by atoms with Crippen molar-refractivity contribution in [3.8, 4) is 5.75 Å². The monoisotopic (exact) mass is 561 g/mol. The van der Waals surface area contributed by atoms with Crippen LogP contribution in [0.2, 0.25) is 0 Å². The summed E-state index contributed by atoms with van der Waals surface area (Å²) >= 11 is 0. The summed E-state index contributed by atoms with van der Waals surface area (Å²) in [4.78, 5) is 44.1. The molecule has 0 saturated carbocycles. The van der Waals surface area contributed by atoms with Crippen molar-refractivity contribution in [2.24, 2.45) is 22.2 Å². The number of nitrogens with zero attached hydrogens (tertiary/aromatic N) is 1. The molecule has 0 aliphatic rings. The first-order valence-electron chi connectivity index (χ1n) is 13.0. The van der Waals surface area contributed by atoms with Crippen molar-refractivity contribution >= 4 is 23.8 Å². The predicted molar refractivity (Wildman–Crippen MR) is 153 cm³/mol. The van der Waals surface area contributed by atoms with Crippen LogP contribution in [0.15, 0.2) is 89.9 Å². The number of benzene rings is 3. The zero-order chi connectivity index (χ0) is 29.7. The third-order valence-corrected chi connectivity index (χ3v) is 6.24. The molecule has 0 aliphatic carbocycles. The van der Waals surface area contributed by atoms with Gasteiger partial charge in [-0.3, -0.25) is 9.79 Å². The number of ketones is 1. The topological polar surface area (TPSA) is 192 Å². The van der Waals surface area contributed by atoms with Crippen molar-refractivity contribution in [3.05, 3.63) is 102 Å². The van der Waals surface area contributed by atoms with Gasteiger partial charge in [0.2, 0.25) is 0 Å². The van der Waals surface area contributed by atoms with Gasteiger partial charge in [-0.2, -0.15) is 0 Å². The summed E-state index contributed by atoms with van der Waals surface area (Å²) in [7, 11) is 0. The molecule has 41 heavy (non-hydrogen) atoms. The largest absolute Gasteiger partial charge is 0.508 e. The fraction of sp³-hybridized carbons (Fsp3) is 0.267. The number of esters is 1. The Morgan fingerprint density at radius 3 is 1.95 bits per heavy atom. The Bertz CT molecular complexity index is 1310. The number of hydrogen-bond donors (Lipinski definition) is 5. The fourth-order valence-corrected chi connectivity index (χ4v) is 4.04. The van der Waals surface area contributed by atoms with E-state index >= 15 is 0 Å². The highest BCUT2D eigenvalue weighted by Crippen LogP contribution is 2.21. The van der Waals surface area contributed by atoms with Gasteiger partial charge in [0.1, 0.15) is 19.0 Å². The van der Waals surface area contributed by atoms with Crippen LogP contribution in [-0.4, -0.2) is 47.0 Å². The molecular formula is C30H35N5O6. The van der Waals surface area contributed by atoms with Crippen LogP contribution in [0.25, 0.3) is 0 Å². The smallest absolute Gasteiger partial charge is 0.408 e. The maximum atomic E-state index is 14.0. The number of carbonyl (C=O) groups excluding carboxylic acids is 3. The average Bonchev–Trinajstić information content (AvgIpc) is 2.98. The van der Waals surface area contributed by atoms with Gasteiger partial charge in [-0.1, -0.05) is 72.8 Å². The summed E-state index contributed by atoms with van der Waals surface area (Å²) in [5, 5.41) is 12.2.